The van der Waals surface area contributed by atoms with E-state index in [9.17, 15) is 0 Å². The van der Waals surface area contributed by atoms with Gasteiger partial charge in [0.25, 0.3) is 0 Å². The summed E-state index contributed by atoms with van der Waals surface area (Å²) >= 11 is 0. The van der Waals surface area contributed by atoms with Crippen molar-refractivity contribution >= 4 is 29.1 Å². The molecule has 0 spiro atoms. The predicted molar refractivity (Wildman–Crippen MR) is 97.0 cm³/mol. The molecule has 0 bridgehead atoms. The lowest BCUT2D eigenvalue weighted by molar-refractivity contribution is 0.968. The molecule has 0 saturated carbocycles. The summed E-state index contributed by atoms with van der Waals surface area (Å²) in [6, 6.07) is 10.1. The maximum absolute atomic E-state index is 7.67. The standard InChI is InChI=1S/C18H21N5/c1-4-9-20-18-14(11-19)10-15(12-21-18)23-13(2)22(3)16-7-5-6-8-17(16)23/h5-8,10-12,19H,2,4,9H2,1,3H3,(H,20,21). The Kier molecular flexibility index (Phi) is 4.02. The second-order valence-electron chi connectivity index (χ2n) is 5.50. The zero-order valence-corrected chi connectivity index (χ0v) is 13.5. The van der Waals surface area contributed by atoms with Crippen LogP contribution in [-0.2, 0) is 0 Å². The molecule has 23 heavy (non-hydrogen) atoms. The van der Waals surface area contributed by atoms with Gasteiger partial charge in [-0.3, -0.25) is 4.90 Å². The van der Waals surface area contributed by atoms with Crippen LogP contribution in [0.3, 0.4) is 0 Å². The van der Waals surface area contributed by atoms with Crippen LogP contribution in [0.15, 0.2) is 48.9 Å². The summed E-state index contributed by atoms with van der Waals surface area (Å²) in [5, 5.41) is 10.9. The normalized spacial score (nSPS) is 13.2. The molecule has 5 heteroatoms. The molecule has 2 heterocycles. The number of pyridine rings is 1. The van der Waals surface area contributed by atoms with Gasteiger partial charge in [0, 0.05) is 25.4 Å². The van der Waals surface area contributed by atoms with E-state index in [1.165, 1.54) is 6.21 Å². The molecule has 0 saturated heterocycles. The fraction of sp³-hybridized carbons (Fsp3) is 0.222. The molecule has 0 atom stereocenters. The van der Waals surface area contributed by atoms with E-state index in [1.54, 1.807) is 0 Å². The highest BCUT2D eigenvalue weighted by molar-refractivity contribution is 5.91. The van der Waals surface area contributed by atoms with Gasteiger partial charge >= 0.3 is 0 Å². The fourth-order valence-electron chi connectivity index (χ4n) is 2.75. The summed E-state index contributed by atoms with van der Waals surface area (Å²) in [6.45, 7) is 7.13. The minimum Gasteiger partial charge on any atom is -0.370 e. The molecule has 3 rings (SSSR count). The van der Waals surface area contributed by atoms with Crippen LogP contribution >= 0.6 is 0 Å². The van der Waals surface area contributed by atoms with E-state index in [0.29, 0.717) is 0 Å². The second-order valence-corrected chi connectivity index (χ2v) is 5.50. The minimum atomic E-state index is 0.747. The van der Waals surface area contributed by atoms with Crippen molar-refractivity contribution < 1.29 is 0 Å². The van der Waals surface area contributed by atoms with Gasteiger partial charge in [-0.15, -0.1) is 0 Å². The number of hydrogen-bond acceptors (Lipinski definition) is 5. The highest BCUT2D eigenvalue weighted by atomic mass is 15.4. The number of fused-ring (bicyclic) bond motifs is 1. The van der Waals surface area contributed by atoms with E-state index in [4.69, 9.17) is 5.41 Å². The minimum absolute atomic E-state index is 0.747. The Labute approximate surface area is 136 Å². The SMILES string of the molecule is C=C1N(C)c2ccccc2N1c1cnc(NCCC)c(C=N)c1. The Bertz CT molecular complexity index is 753. The average molecular weight is 307 g/mol. The van der Waals surface area contributed by atoms with E-state index in [0.717, 1.165) is 47.2 Å². The number of para-hydroxylation sites is 2. The molecule has 1 aliphatic heterocycles. The van der Waals surface area contributed by atoms with E-state index in [1.807, 2.05) is 31.4 Å². The lowest BCUT2D eigenvalue weighted by Gasteiger charge is -2.22. The third-order valence-corrected chi connectivity index (χ3v) is 3.99. The molecular formula is C18H21N5. The van der Waals surface area contributed by atoms with Crippen LogP contribution in [0.2, 0.25) is 0 Å². The first-order valence-corrected chi connectivity index (χ1v) is 7.73. The monoisotopic (exact) mass is 307 g/mol. The number of rotatable bonds is 5. The first kappa shape index (κ1) is 15.1. The average Bonchev–Trinajstić information content (AvgIpc) is 2.84. The maximum Gasteiger partial charge on any atom is 0.134 e. The van der Waals surface area contributed by atoms with Crippen LogP contribution in [0.1, 0.15) is 18.9 Å². The van der Waals surface area contributed by atoms with Gasteiger partial charge in [-0.25, -0.2) is 4.98 Å². The molecule has 5 nitrogen and oxygen atoms in total. The third kappa shape index (κ3) is 2.54. The van der Waals surface area contributed by atoms with Crippen LogP contribution in [0.4, 0.5) is 22.9 Å². The molecule has 2 N–H and O–H groups in total. The molecule has 0 unspecified atom stereocenters. The maximum atomic E-state index is 7.67. The van der Waals surface area contributed by atoms with Gasteiger partial charge in [-0.05, 0) is 24.6 Å². The Morgan fingerprint density at radius 3 is 2.74 bits per heavy atom. The van der Waals surface area contributed by atoms with E-state index in [2.05, 4.69) is 45.7 Å². The zero-order chi connectivity index (χ0) is 16.4. The number of hydrogen-bond donors (Lipinski definition) is 2. The van der Waals surface area contributed by atoms with E-state index in [-0.39, 0.29) is 0 Å². The molecule has 0 amide bonds. The van der Waals surface area contributed by atoms with Gasteiger partial charge in [0.15, 0.2) is 0 Å². The second kappa shape index (κ2) is 6.12. The highest BCUT2D eigenvalue weighted by Gasteiger charge is 2.28. The van der Waals surface area contributed by atoms with Crippen LogP contribution < -0.4 is 15.1 Å². The molecule has 1 aromatic heterocycles. The summed E-state index contributed by atoms with van der Waals surface area (Å²) in [6.07, 6.45) is 4.18. The van der Waals surface area contributed by atoms with Crippen molar-refractivity contribution in [2.75, 3.05) is 28.7 Å². The summed E-state index contributed by atoms with van der Waals surface area (Å²) < 4.78 is 0. The molecule has 0 fully saturated rings. The molecule has 118 valence electrons. The highest BCUT2D eigenvalue weighted by Crippen LogP contribution is 2.44. The van der Waals surface area contributed by atoms with Crippen molar-refractivity contribution in [1.82, 2.24) is 4.98 Å². The van der Waals surface area contributed by atoms with Crippen LogP contribution in [0.25, 0.3) is 0 Å². The number of nitrogens with one attached hydrogen (secondary N) is 2. The molecule has 0 radical (unpaired) electrons. The molecule has 2 aromatic rings. The van der Waals surface area contributed by atoms with Gasteiger partial charge in [0.05, 0.1) is 23.3 Å². The van der Waals surface area contributed by atoms with Gasteiger partial charge in [-0.1, -0.05) is 25.6 Å². The van der Waals surface area contributed by atoms with Crippen molar-refractivity contribution in [2.45, 2.75) is 13.3 Å². The number of aromatic nitrogens is 1. The number of nitrogens with zero attached hydrogens (tertiary/aromatic N) is 3. The molecule has 1 aromatic carbocycles. The van der Waals surface area contributed by atoms with Crippen molar-refractivity contribution in [3.05, 3.63) is 54.5 Å². The molecule has 0 aliphatic carbocycles. The Morgan fingerprint density at radius 2 is 2.04 bits per heavy atom. The molecule has 1 aliphatic rings. The Morgan fingerprint density at radius 1 is 1.30 bits per heavy atom. The van der Waals surface area contributed by atoms with Crippen LogP contribution in [-0.4, -0.2) is 24.8 Å². The summed E-state index contributed by atoms with van der Waals surface area (Å²) in [4.78, 5) is 8.63. The largest absolute Gasteiger partial charge is 0.370 e. The Balaban J connectivity index is 2.02. The van der Waals surface area contributed by atoms with Crippen molar-refractivity contribution in [3.63, 3.8) is 0 Å². The van der Waals surface area contributed by atoms with E-state index >= 15 is 0 Å². The van der Waals surface area contributed by atoms with Crippen molar-refractivity contribution in [2.24, 2.45) is 0 Å². The summed E-state index contributed by atoms with van der Waals surface area (Å²) in [5.41, 5.74) is 3.87. The third-order valence-electron chi connectivity index (χ3n) is 3.99. The zero-order valence-electron chi connectivity index (χ0n) is 13.5. The van der Waals surface area contributed by atoms with Gasteiger partial charge < -0.3 is 15.6 Å². The van der Waals surface area contributed by atoms with Crippen LogP contribution in [0, 0.1) is 5.41 Å². The first-order chi connectivity index (χ1) is 11.2. The molecular weight excluding hydrogens is 286 g/mol. The quantitative estimate of drug-likeness (QED) is 0.821. The van der Waals surface area contributed by atoms with E-state index < -0.39 is 0 Å². The van der Waals surface area contributed by atoms with Crippen LogP contribution in [0.5, 0.6) is 0 Å². The van der Waals surface area contributed by atoms with Crippen molar-refractivity contribution in [3.8, 4) is 0 Å². The van der Waals surface area contributed by atoms with Crippen molar-refractivity contribution in [1.29, 1.82) is 5.41 Å². The smallest absolute Gasteiger partial charge is 0.134 e. The summed E-state index contributed by atoms with van der Waals surface area (Å²) in [7, 11) is 2.00. The number of anilines is 4. The topological polar surface area (TPSA) is 55.2 Å². The fourth-order valence-corrected chi connectivity index (χ4v) is 2.75. The lowest BCUT2D eigenvalue weighted by atomic mass is 10.2. The van der Waals surface area contributed by atoms with Gasteiger partial charge in [0.1, 0.15) is 11.6 Å². The number of benzene rings is 1. The van der Waals surface area contributed by atoms with Gasteiger partial charge in [0.2, 0.25) is 0 Å². The lowest BCUT2D eigenvalue weighted by Crippen LogP contribution is -2.20. The Hall–Kier alpha value is -2.82. The predicted octanol–water partition coefficient (Wildman–Crippen LogP) is 3.96. The summed E-state index contributed by atoms with van der Waals surface area (Å²) in [5.74, 6) is 1.62. The van der Waals surface area contributed by atoms with Gasteiger partial charge in [-0.2, -0.15) is 0 Å². The first-order valence-electron chi connectivity index (χ1n) is 7.73.